The topological polar surface area (TPSA) is 75.4 Å². The summed E-state index contributed by atoms with van der Waals surface area (Å²) in [6, 6.07) is 7.22. The molecule has 1 aromatic carbocycles. The molecule has 7 heteroatoms. The molecule has 1 saturated heterocycles. The molecular formula is C14H19N3O3S. The summed E-state index contributed by atoms with van der Waals surface area (Å²) in [5.41, 5.74) is 1.32. The Hall–Kier alpha value is -1.44. The van der Waals surface area contributed by atoms with E-state index < -0.39 is 10.1 Å². The fourth-order valence-electron chi connectivity index (χ4n) is 2.89. The van der Waals surface area contributed by atoms with Gasteiger partial charge >= 0.3 is 10.1 Å². The summed E-state index contributed by atoms with van der Waals surface area (Å²) < 4.78 is 34.0. The lowest BCUT2D eigenvalue weighted by Gasteiger charge is -2.26. The second-order valence-electron chi connectivity index (χ2n) is 5.41. The average Bonchev–Trinajstić information content (AvgIpc) is 2.85. The first-order chi connectivity index (χ1) is 10.1. The van der Waals surface area contributed by atoms with E-state index in [-0.39, 0.29) is 5.16 Å². The van der Waals surface area contributed by atoms with Crippen LogP contribution in [-0.2, 0) is 16.7 Å². The molecular weight excluding hydrogens is 290 g/mol. The van der Waals surface area contributed by atoms with Crippen LogP contribution in [0.4, 0.5) is 0 Å². The highest BCUT2D eigenvalue weighted by atomic mass is 32.2. The second-order valence-corrected chi connectivity index (χ2v) is 6.73. The molecule has 1 N–H and O–H groups in total. The molecule has 1 aliphatic heterocycles. The molecule has 0 unspecified atom stereocenters. The van der Waals surface area contributed by atoms with Gasteiger partial charge in [0.1, 0.15) is 0 Å². The van der Waals surface area contributed by atoms with Crippen molar-refractivity contribution >= 4 is 21.2 Å². The van der Waals surface area contributed by atoms with E-state index in [2.05, 4.69) is 9.88 Å². The van der Waals surface area contributed by atoms with Crippen LogP contribution < -0.4 is 0 Å². The summed E-state index contributed by atoms with van der Waals surface area (Å²) >= 11 is 0. The third-order valence-corrected chi connectivity index (χ3v) is 4.71. The number of hydrogen-bond acceptors (Lipinski definition) is 4. The van der Waals surface area contributed by atoms with Gasteiger partial charge in [-0.2, -0.15) is 8.42 Å². The Morgan fingerprint density at radius 3 is 2.52 bits per heavy atom. The molecule has 2 aromatic rings. The molecule has 1 aliphatic rings. The molecule has 3 rings (SSSR count). The summed E-state index contributed by atoms with van der Waals surface area (Å²) in [6.07, 6.45) is 3.65. The van der Waals surface area contributed by atoms with Gasteiger partial charge in [-0.1, -0.05) is 18.6 Å². The standard InChI is InChI=1S/C14H19N3O3S/c18-21(19,20)14-15-12-6-2-3-7-13(12)17(14)11-10-16-8-4-1-5-9-16/h2-3,6-7H,1,4-5,8-11H2,(H,18,19,20). The minimum absolute atomic E-state index is 0.263. The van der Waals surface area contributed by atoms with E-state index in [0.29, 0.717) is 12.1 Å². The zero-order chi connectivity index (χ0) is 14.9. The van der Waals surface area contributed by atoms with Crippen LogP contribution in [0.1, 0.15) is 19.3 Å². The average molecular weight is 309 g/mol. The van der Waals surface area contributed by atoms with Crippen molar-refractivity contribution in [1.29, 1.82) is 0 Å². The van der Waals surface area contributed by atoms with Gasteiger partial charge < -0.3 is 9.47 Å². The van der Waals surface area contributed by atoms with Crippen LogP contribution in [0.25, 0.3) is 11.0 Å². The molecule has 1 fully saturated rings. The Morgan fingerprint density at radius 1 is 1.10 bits per heavy atom. The monoisotopic (exact) mass is 309 g/mol. The summed E-state index contributed by atoms with van der Waals surface area (Å²) in [5.74, 6) is 0. The largest absolute Gasteiger partial charge is 0.328 e. The lowest BCUT2D eigenvalue weighted by Crippen LogP contribution is -2.33. The third-order valence-electron chi connectivity index (χ3n) is 3.94. The number of piperidine rings is 1. The first-order valence-corrected chi connectivity index (χ1v) is 8.65. The van der Waals surface area contributed by atoms with E-state index >= 15 is 0 Å². The van der Waals surface area contributed by atoms with Crippen LogP contribution in [0.2, 0.25) is 0 Å². The SMILES string of the molecule is O=S(=O)(O)c1nc2ccccc2n1CCN1CCCCC1. The third kappa shape index (κ3) is 3.09. The summed E-state index contributed by atoms with van der Waals surface area (Å²) in [7, 11) is -4.31. The molecule has 0 amide bonds. The zero-order valence-electron chi connectivity index (χ0n) is 11.8. The zero-order valence-corrected chi connectivity index (χ0v) is 12.6. The number of aromatic nitrogens is 2. The molecule has 0 atom stereocenters. The second kappa shape index (κ2) is 5.75. The van der Waals surface area contributed by atoms with Crippen LogP contribution in [-0.4, -0.2) is 47.1 Å². The normalized spacial score (nSPS) is 17.4. The van der Waals surface area contributed by atoms with Crippen molar-refractivity contribution in [1.82, 2.24) is 14.5 Å². The Bertz CT molecular complexity index is 733. The Morgan fingerprint density at radius 2 is 1.81 bits per heavy atom. The van der Waals surface area contributed by atoms with Crippen molar-refractivity contribution in [3.63, 3.8) is 0 Å². The summed E-state index contributed by atoms with van der Waals surface area (Å²) in [5, 5.41) is -0.263. The van der Waals surface area contributed by atoms with Gasteiger partial charge in [-0.3, -0.25) is 4.55 Å². The molecule has 0 bridgehead atoms. The van der Waals surface area contributed by atoms with E-state index in [9.17, 15) is 13.0 Å². The minimum Gasteiger partial charge on any atom is -0.311 e. The Labute approximate surface area is 124 Å². The van der Waals surface area contributed by atoms with Crippen molar-refractivity contribution in [2.24, 2.45) is 0 Å². The number of para-hydroxylation sites is 2. The van der Waals surface area contributed by atoms with Crippen LogP contribution >= 0.6 is 0 Å². The lowest BCUT2D eigenvalue weighted by molar-refractivity contribution is 0.219. The first kappa shape index (κ1) is 14.5. The fourth-order valence-corrected chi connectivity index (χ4v) is 3.57. The predicted molar refractivity (Wildman–Crippen MR) is 79.8 cm³/mol. The fraction of sp³-hybridized carbons (Fsp3) is 0.500. The lowest BCUT2D eigenvalue weighted by atomic mass is 10.1. The molecule has 21 heavy (non-hydrogen) atoms. The minimum atomic E-state index is -4.31. The molecule has 0 aliphatic carbocycles. The Kier molecular flexibility index (Phi) is 3.97. The maximum atomic E-state index is 11.5. The van der Waals surface area contributed by atoms with Crippen molar-refractivity contribution in [3.8, 4) is 0 Å². The molecule has 0 saturated carbocycles. The van der Waals surface area contributed by atoms with E-state index in [0.717, 1.165) is 25.2 Å². The van der Waals surface area contributed by atoms with Gasteiger partial charge in [-0.15, -0.1) is 0 Å². The van der Waals surface area contributed by atoms with Crippen molar-refractivity contribution in [3.05, 3.63) is 24.3 Å². The highest BCUT2D eigenvalue weighted by Crippen LogP contribution is 2.19. The smallest absolute Gasteiger partial charge is 0.311 e. The highest BCUT2D eigenvalue weighted by Gasteiger charge is 2.21. The van der Waals surface area contributed by atoms with E-state index in [4.69, 9.17) is 0 Å². The van der Waals surface area contributed by atoms with Crippen molar-refractivity contribution in [2.75, 3.05) is 19.6 Å². The number of hydrogen-bond donors (Lipinski definition) is 1. The van der Waals surface area contributed by atoms with Crippen LogP contribution in [0.15, 0.2) is 29.4 Å². The molecule has 0 spiro atoms. The molecule has 114 valence electrons. The van der Waals surface area contributed by atoms with Gasteiger partial charge in [-0.05, 0) is 38.1 Å². The van der Waals surface area contributed by atoms with Crippen LogP contribution in [0.5, 0.6) is 0 Å². The summed E-state index contributed by atoms with van der Waals surface area (Å²) in [4.78, 5) is 6.38. The maximum absolute atomic E-state index is 11.5. The van der Waals surface area contributed by atoms with Crippen LogP contribution in [0, 0.1) is 0 Å². The van der Waals surface area contributed by atoms with E-state index in [1.165, 1.54) is 19.3 Å². The summed E-state index contributed by atoms with van der Waals surface area (Å²) in [6.45, 7) is 3.38. The van der Waals surface area contributed by atoms with Crippen molar-refractivity contribution in [2.45, 2.75) is 31.0 Å². The number of fused-ring (bicyclic) bond motifs is 1. The van der Waals surface area contributed by atoms with Gasteiger partial charge in [0.15, 0.2) is 0 Å². The number of imidazole rings is 1. The quantitative estimate of drug-likeness (QED) is 0.871. The predicted octanol–water partition coefficient (Wildman–Crippen LogP) is 1.77. The number of rotatable bonds is 4. The maximum Gasteiger partial charge on any atom is 0.328 e. The van der Waals surface area contributed by atoms with Gasteiger partial charge in [0.05, 0.1) is 11.0 Å². The van der Waals surface area contributed by atoms with Crippen LogP contribution in [0.3, 0.4) is 0 Å². The van der Waals surface area contributed by atoms with E-state index in [1.54, 1.807) is 16.7 Å². The number of likely N-dealkylation sites (tertiary alicyclic amines) is 1. The molecule has 6 nitrogen and oxygen atoms in total. The molecule has 2 heterocycles. The highest BCUT2D eigenvalue weighted by molar-refractivity contribution is 7.85. The van der Waals surface area contributed by atoms with Gasteiger partial charge in [0, 0.05) is 13.1 Å². The van der Waals surface area contributed by atoms with Crippen molar-refractivity contribution < 1.29 is 13.0 Å². The van der Waals surface area contributed by atoms with Gasteiger partial charge in [-0.25, -0.2) is 4.98 Å². The number of nitrogens with zero attached hydrogens (tertiary/aromatic N) is 3. The molecule has 0 radical (unpaired) electrons. The Balaban J connectivity index is 1.91. The first-order valence-electron chi connectivity index (χ1n) is 7.21. The number of benzene rings is 1. The van der Waals surface area contributed by atoms with Gasteiger partial charge in [0.25, 0.3) is 5.16 Å². The van der Waals surface area contributed by atoms with Gasteiger partial charge in [0.2, 0.25) is 0 Å². The van der Waals surface area contributed by atoms with E-state index in [1.807, 2.05) is 12.1 Å². The molecule has 1 aromatic heterocycles.